The summed E-state index contributed by atoms with van der Waals surface area (Å²) < 4.78 is 0. The van der Waals surface area contributed by atoms with Crippen LogP contribution in [0.15, 0.2) is 30.3 Å². The largest absolute Gasteiger partial charge is 0.198 e. The first-order chi connectivity index (χ1) is 7.35. The van der Waals surface area contributed by atoms with E-state index in [9.17, 15) is 0 Å². The Morgan fingerprint density at radius 2 is 1.93 bits per heavy atom. The highest BCUT2D eigenvalue weighted by Crippen LogP contribution is 2.44. The molecule has 15 heavy (non-hydrogen) atoms. The third-order valence-corrected chi connectivity index (χ3v) is 3.51. The highest BCUT2D eigenvalue weighted by atomic mass is 14.4. The minimum atomic E-state index is 0.0504. The molecule has 0 aliphatic heterocycles. The fraction of sp³-hybridized carbons (Fsp3) is 0.500. The van der Waals surface area contributed by atoms with Crippen LogP contribution in [0.25, 0.3) is 0 Å². The van der Waals surface area contributed by atoms with Crippen molar-refractivity contribution >= 4 is 0 Å². The third kappa shape index (κ3) is 2.39. The lowest BCUT2D eigenvalue weighted by atomic mass is 9.67. The molecule has 0 bridgehead atoms. The summed E-state index contributed by atoms with van der Waals surface area (Å²) in [7, 11) is 0. The molecule has 0 N–H and O–H groups in total. The van der Waals surface area contributed by atoms with Crippen LogP contribution >= 0.6 is 0 Å². The fourth-order valence-electron chi connectivity index (χ4n) is 2.30. The van der Waals surface area contributed by atoms with Crippen LogP contribution in [-0.2, 0) is 6.42 Å². The van der Waals surface area contributed by atoms with Gasteiger partial charge in [0.15, 0.2) is 0 Å². The Balaban J connectivity index is 1.78. The number of benzene rings is 1. The van der Waals surface area contributed by atoms with Crippen molar-refractivity contribution in [3.63, 3.8) is 0 Å². The minimum Gasteiger partial charge on any atom is -0.198 e. The van der Waals surface area contributed by atoms with Gasteiger partial charge in [-0.25, -0.2) is 0 Å². The summed E-state index contributed by atoms with van der Waals surface area (Å²) in [5.74, 6) is 0. The number of nitrogens with zero attached hydrogens (tertiary/aromatic N) is 1. The first-order valence-electron chi connectivity index (χ1n) is 5.80. The molecule has 1 aliphatic carbocycles. The average Bonchev–Trinajstić information content (AvgIpc) is 2.24. The Labute approximate surface area is 91.7 Å². The third-order valence-electron chi connectivity index (χ3n) is 3.51. The molecule has 0 radical (unpaired) electrons. The zero-order valence-electron chi connectivity index (χ0n) is 9.08. The Morgan fingerprint density at radius 1 is 1.20 bits per heavy atom. The number of aryl methyl sites for hydroxylation is 1. The van der Waals surface area contributed by atoms with Crippen LogP contribution in [0.5, 0.6) is 0 Å². The molecule has 78 valence electrons. The first-order valence-corrected chi connectivity index (χ1v) is 5.80. The Bertz CT molecular complexity index is 343. The van der Waals surface area contributed by atoms with Crippen molar-refractivity contribution in [2.45, 2.75) is 38.5 Å². The fourth-order valence-corrected chi connectivity index (χ4v) is 2.30. The van der Waals surface area contributed by atoms with E-state index in [-0.39, 0.29) is 5.41 Å². The quantitative estimate of drug-likeness (QED) is 0.725. The number of nitriles is 1. The van der Waals surface area contributed by atoms with Gasteiger partial charge >= 0.3 is 0 Å². The molecule has 0 aromatic heterocycles. The average molecular weight is 199 g/mol. The maximum absolute atomic E-state index is 9.08. The number of hydrogen-bond acceptors (Lipinski definition) is 1. The molecular formula is C14H17N. The van der Waals surface area contributed by atoms with Crippen LogP contribution in [0.4, 0.5) is 0 Å². The van der Waals surface area contributed by atoms with Gasteiger partial charge in [0.2, 0.25) is 0 Å². The van der Waals surface area contributed by atoms with E-state index in [1.54, 1.807) is 0 Å². The highest BCUT2D eigenvalue weighted by molar-refractivity contribution is 5.15. The molecule has 1 saturated carbocycles. The second-order valence-corrected chi connectivity index (χ2v) is 4.58. The molecule has 0 amide bonds. The minimum absolute atomic E-state index is 0.0504. The van der Waals surface area contributed by atoms with Crippen molar-refractivity contribution in [1.82, 2.24) is 0 Å². The van der Waals surface area contributed by atoms with Gasteiger partial charge in [0.1, 0.15) is 0 Å². The Hall–Kier alpha value is -1.29. The van der Waals surface area contributed by atoms with Gasteiger partial charge in [-0.1, -0.05) is 36.8 Å². The molecule has 0 saturated heterocycles. The van der Waals surface area contributed by atoms with Gasteiger partial charge in [0.25, 0.3) is 0 Å². The molecule has 1 nitrogen and oxygen atoms in total. The summed E-state index contributed by atoms with van der Waals surface area (Å²) in [6, 6.07) is 13.0. The monoisotopic (exact) mass is 199 g/mol. The predicted molar refractivity (Wildman–Crippen MR) is 61.3 cm³/mol. The van der Waals surface area contributed by atoms with Gasteiger partial charge in [-0.05, 0) is 37.7 Å². The maximum Gasteiger partial charge on any atom is 0.0689 e. The van der Waals surface area contributed by atoms with Crippen LogP contribution in [-0.4, -0.2) is 0 Å². The standard InChI is InChI=1S/C14H17N/c15-12-14(10-5-11-14)9-4-8-13-6-2-1-3-7-13/h1-3,6-7H,4-5,8-11H2. The van der Waals surface area contributed by atoms with E-state index < -0.39 is 0 Å². The first kappa shape index (κ1) is 10.2. The predicted octanol–water partition coefficient (Wildman–Crippen LogP) is 3.70. The van der Waals surface area contributed by atoms with Crippen LogP contribution < -0.4 is 0 Å². The summed E-state index contributed by atoms with van der Waals surface area (Å²) in [5.41, 5.74) is 1.44. The summed E-state index contributed by atoms with van der Waals surface area (Å²) >= 11 is 0. The summed E-state index contributed by atoms with van der Waals surface area (Å²) in [4.78, 5) is 0. The second-order valence-electron chi connectivity index (χ2n) is 4.58. The van der Waals surface area contributed by atoms with Crippen LogP contribution in [0.1, 0.15) is 37.7 Å². The molecule has 0 unspecified atom stereocenters. The molecular weight excluding hydrogens is 182 g/mol. The number of rotatable bonds is 4. The zero-order chi connectivity index (χ0) is 10.6. The Morgan fingerprint density at radius 3 is 2.47 bits per heavy atom. The normalized spacial score (nSPS) is 17.8. The molecule has 1 aliphatic rings. The molecule has 1 aromatic rings. The van der Waals surface area contributed by atoms with E-state index in [4.69, 9.17) is 5.26 Å². The molecule has 0 heterocycles. The molecule has 1 fully saturated rings. The number of hydrogen-bond donors (Lipinski definition) is 0. The van der Waals surface area contributed by atoms with Gasteiger partial charge in [-0.2, -0.15) is 5.26 Å². The van der Waals surface area contributed by atoms with E-state index >= 15 is 0 Å². The van der Waals surface area contributed by atoms with Crippen molar-refractivity contribution in [2.24, 2.45) is 5.41 Å². The lowest BCUT2D eigenvalue weighted by Crippen LogP contribution is -2.27. The van der Waals surface area contributed by atoms with Crippen LogP contribution in [0.3, 0.4) is 0 Å². The smallest absolute Gasteiger partial charge is 0.0689 e. The van der Waals surface area contributed by atoms with Gasteiger partial charge in [0.05, 0.1) is 11.5 Å². The van der Waals surface area contributed by atoms with E-state index in [1.165, 1.54) is 12.0 Å². The van der Waals surface area contributed by atoms with E-state index in [1.807, 2.05) is 6.07 Å². The van der Waals surface area contributed by atoms with E-state index in [0.29, 0.717) is 0 Å². The van der Waals surface area contributed by atoms with Crippen molar-refractivity contribution in [3.8, 4) is 6.07 Å². The van der Waals surface area contributed by atoms with Gasteiger partial charge in [-0.15, -0.1) is 0 Å². The lowest BCUT2D eigenvalue weighted by molar-refractivity contribution is 0.193. The van der Waals surface area contributed by atoms with Gasteiger partial charge in [-0.3, -0.25) is 0 Å². The topological polar surface area (TPSA) is 23.8 Å². The lowest BCUT2D eigenvalue weighted by Gasteiger charge is -2.35. The van der Waals surface area contributed by atoms with Gasteiger partial charge in [0, 0.05) is 0 Å². The molecule has 0 atom stereocenters. The summed E-state index contributed by atoms with van der Waals surface area (Å²) in [5, 5.41) is 9.08. The Kier molecular flexibility index (Phi) is 3.06. The highest BCUT2D eigenvalue weighted by Gasteiger charge is 2.36. The van der Waals surface area contributed by atoms with E-state index in [2.05, 4.69) is 30.3 Å². The van der Waals surface area contributed by atoms with Crippen molar-refractivity contribution in [2.75, 3.05) is 0 Å². The van der Waals surface area contributed by atoms with Crippen molar-refractivity contribution in [1.29, 1.82) is 5.26 Å². The SMILES string of the molecule is N#CC1(CCCc2ccccc2)CCC1. The van der Waals surface area contributed by atoms with E-state index in [0.717, 1.165) is 32.1 Å². The van der Waals surface area contributed by atoms with Crippen molar-refractivity contribution < 1.29 is 0 Å². The van der Waals surface area contributed by atoms with Crippen molar-refractivity contribution in [3.05, 3.63) is 35.9 Å². The molecule has 2 rings (SSSR count). The second kappa shape index (κ2) is 4.49. The maximum atomic E-state index is 9.08. The zero-order valence-corrected chi connectivity index (χ0v) is 9.08. The van der Waals surface area contributed by atoms with Gasteiger partial charge < -0.3 is 0 Å². The van der Waals surface area contributed by atoms with Crippen LogP contribution in [0.2, 0.25) is 0 Å². The summed E-state index contributed by atoms with van der Waals surface area (Å²) in [6.45, 7) is 0. The van der Waals surface area contributed by atoms with Crippen LogP contribution in [0, 0.1) is 16.7 Å². The summed E-state index contributed by atoms with van der Waals surface area (Å²) in [6.07, 6.45) is 6.84. The molecule has 1 aromatic carbocycles. The molecule has 1 heteroatoms. The molecule has 0 spiro atoms.